The lowest BCUT2D eigenvalue weighted by Gasteiger charge is -2.29. The van der Waals surface area contributed by atoms with Gasteiger partial charge in [-0.2, -0.15) is 18.3 Å². The summed E-state index contributed by atoms with van der Waals surface area (Å²) >= 11 is 0. The van der Waals surface area contributed by atoms with Crippen molar-refractivity contribution in [2.24, 2.45) is 0 Å². The van der Waals surface area contributed by atoms with Crippen LogP contribution in [0.15, 0.2) is 18.5 Å². The predicted molar refractivity (Wildman–Crippen MR) is 97.6 cm³/mol. The van der Waals surface area contributed by atoms with E-state index < -0.39 is 29.1 Å². The lowest BCUT2D eigenvalue weighted by molar-refractivity contribution is -0.141. The molecule has 2 heterocycles. The molecule has 2 aromatic heterocycles. The Balaban J connectivity index is 2.34. The minimum absolute atomic E-state index is 0.0700. The molecule has 29 heavy (non-hydrogen) atoms. The number of carbonyl (C=O) groups is 1. The molecule has 160 valence electrons. The molecule has 2 rings (SSSR count). The number of hydrogen-bond donors (Lipinski definition) is 2. The molecular formula is C18H24F3N5O3. The number of alkyl halides is 3. The zero-order chi connectivity index (χ0) is 22.0. The predicted octanol–water partition coefficient (Wildman–Crippen LogP) is 3.15. The highest BCUT2D eigenvalue weighted by atomic mass is 19.4. The van der Waals surface area contributed by atoms with E-state index >= 15 is 0 Å². The van der Waals surface area contributed by atoms with Crippen molar-refractivity contribution in [1.29, 1.82) is 0 Å². The third kappa shape index (κ3) is 6.41. The summed E-state index contributed by atoms with van der Waals surface area (Å²) in [7, 11) is 0. The van der Waals surface area contributed by atoms with E-state index in [9.17, 15) is 18.0 Å². The summed E-state index contributed by atoms with van der Waals surface area (Å²) in [6.07, 6.45) is -2.72. The van der Waals surface area contributed by atoms with Crippen molar-refractivity contribution in [1.82, 2.24) is 25.1 Å². The number of nitrogens with one attached hydrogen (secondary N) is 1. The SMILES string of the molecule is CC(C)(Cn1nc(C(F)(F)F)cc1-c1cnc(CO)nc1)NC(=O)OC(C)(C)C. The normalized spacial score (nSPS) is 12.7. The van der Waals surface area contributed by atoms with Crippen molar-refractivity contribution in [2.45, 2.75) is 65.1 Å². The fourth-order valence-corrected chi connectivity index (χ4v) is 2.47. The summed E-state index contributed by atoms with van der Waals surface area (Å²) in [6, 6.07) is 0.890. The zero-order valence-electron chi connectivity index (χ0n) is 16.8. The maximum atomic E-state index is 13.2. The second-order valence-electron chi connectivity index (χ2n) is 8.13. The van der Waals surface area contributed by atoms with Crippen LogP contribution in [-0.2, 0) is 24.1 Å². The number of aliphatic hydroxyl groups excluding tert-OH is 1. The van der Waals surface area contributed by atoms with Gasteiger partial charge >= 0.3 is 12.3 Å². The van der Waals surface area contributed by atoms with Crippen LogP contribution in [0.2, 0.25) is 0 Å². The van der Waals surface area contributed by atoms with Gasteiger partial charge in [0.15, 0.2) is 11.5 Å². The Morgan fingerprint density at radius 2 is 1.76 bits per heavy atom. The Labute approximate surface area is 166 Å². The fourth-order valence-electron chi connectivity index (χ4n) is 2.47. The van der Waals surface area contributed by atoms with Gasteiger partial charge in [0.2, 0.25) is 0 Å². The zero-order valence-corrected chi connectivity index (χ0v) is 16.8. The standard InChI is InChI=1S/C18H24F3N5O3/c1-16(2,3)29-15(28)24-17(4,5)10-26-12(6-13(25-26)18(19,20)21)11-7-22-14(9-27)23-8-11/h6-8,27H,9-10H2,1-5H3,(H,24,28). The molecule has 0 aromatic carbocycles. The molecule has 0 saturated heterocycles. The van der Waals surface area contributed by atoms with Gasteiger partial charge in [0, 0.05) is 18.0 Å². The van der Waals surface area contributed by atoms with Crippen molar-refractivity contribution in [3.8, 4) is 11.3 Å². The smallest absolute Gasteiger partial charge is 0.435 e. The van der Waals surface area contributed by atoms with Gasteiger partial charge in [0.05, 0.1) is 17.8 Å². The third-order valence-corrected chi connectivity index (χ3v) is 3.60. The third-order valence-electron chi connectivity index (χ3n) is 3.60. The van der Waals surface area contributed by atoms with Gasteiger partial charge in [-0.05, 0) is 40.7 Å². The highest BCUT2D eigenvalue weighted by Gasteiger charge is 2.36. The number of ether oxygens (including phenoxy) is 1. The first-order chi connectivity index (χ1) is 13.2. The Hall–Kier alpha value is -2.69. The average Bonchev–Trinajstić information content (AvgIpc) is 2.95. The number of aromatic nitrogens is 4. The van der Waals surface area contributed by atoms with Crippen molar-refractivity contribution in [3.05, 3.63) is 30.0 Å². The van der Waals surface area contributed by atoms with Crippen molar-refractivity contribution in [3.63, 3.8) is 0 Å². The van der Waals surface area contributed by atoms with Gasteiger partial charge < -0.3 is 15.2 Å². The van der Waals surface area contributed by atoms with E-state index in [2.05, 4.69) is 20.4 Å². The molecule has 0 bridgehead atoms. The van der Waals surface area contributed by atoms with E-state index in [1.807, 2.05) is 0 Å². The van der Waals surface area contributed by atoms with E-state index in [4.69, 9.17) is 9.84 Å². The molecule has 0 aliphatic carbocycles. The van der Waals surface area contributed by atoms with Gasteiger partial charge in [-0.1, -0.05) is 0 Å². The van der Waals surface area contributed by atoms with E-state index in [1.165, 1.54) is 12.4 Å². The summed E-state index contributed by atoms with van der Waals surface area (Å²) in [5.41, 5.74) is -2.35. The maximum Gasteiger partial charge on any atom is 0.435 e. The molecule has 0 aliphatic heterocycles. The summed E-state index contributed by atoms with van der Waals surface area (Å²) in [6.45, 7) is 7.94. The Bertz CT molecular complexity index is 855. The molecule has 0 unspecified atom stereocenters. The van der Waals surface area contributed by atoms with Crippen LogP contribution >= 0.6 is 0 Å². The first-order valence-corrected chi connectivity index (χ1v) is 8.78. The summed E-state index contributed by atoms with van der Waals surface area (Å²) in [5, 5.41) is 15.3. The van der Waals surface area contributed by atoms with E-state index in [1.54, 1.807) is 34.6 Å². The molecule has 0 atom stereocenters. The van der Waals surface area contributed by atoms with E-state index in [0.717, 1.165) is 10.7 Å². The maximum absolute atomic E-state index is 13.2. The number of rotatable bonds is 5. The average molecular weight is 415 g/mol. The Morgan fingerprint density at radius 3 is 2.24 bits per heavy atom. The summed E-state index contributed by atoms with van der Waals surface area (Å²) < 4.78 is 46.0. The van der Waals surface area contributed by atoms with Crippen LogP contribution in [0.1, 0.15) is 46.1 Å². The largest absolute Gasteiger partial charge is 0.444 e. The fraction of sp³-hybridized carbons (Fsp3) is 0.556. The number of hydrogen-bond acceptors (Lipinski definition) is 6. The van der Waals surface area contributed by atoms with Gasteiger partial charge in [-0.25, -0.2) is 14.8 Å². The van der Waals surface area contributed by atoms with Crippen molar-refractivity contribution >= 4 is 6.09 Å². The monoisotopic (exact) mass is 415 g/mol. The first-order valence-electron chi connectivity index (χ1n) is 8.78. The molecule has 8 nitrogen and oxygen atoms in total. The molecule has 2 N–H and O–H groups in total. The summed E-state index contributed by atoms with van der Waals surface area (Å²) in [4.78, 5) is 19.9. The highest BCUT2D eigenvalue weighted by Crippen LogP contribution is 2.32. The minimum Gasteiger partial charge on any atom is -0.444 e. The second-order valence-corrected chi connectivity index (χ2v) is 8.13. The number of halogens is 3. The van der Waals surface area contributed by atoms with Gasteiger partial charge in [0.1, 0.15) is 12.2 Å². The second kappa shape index (κ2) is 7.97. The molecule has 1 amide bonds. The molecule has 2 aromatic rings. The van der Waals surface area contributed by atoms with Crippen LogP contribution in [-0.4, -0.2) is 42.1 Å². The molecule has 11 heteroatoms. The Kier molecular flexibility index (Phi) is 6.21. The van der Waals surface area contributed by atoms with Crippen molar-refractivity contribution in [2.75, 3.05) is 0 Å². The minimum atomic E-state index is -4.64. The van der Waals surface area contributed by atoms with Crippen LogP contribution in [0.5, 0.6) is 0 Å². The molecule has 0 aliphatic rings. The quantitative estimate of drug-likeness (QED) is 0.778. The van der Waals surface area contributed by atoms with E-state index in [-0.39, 0.29) is 24.7 Å². The molecule has 0 fully saturated rings. The molecule has 0 spiro atoms. The lowest BCUT2D eigenvalue weighted by atomic mass is 10.1. The molecular weight excluding hydrogens is 391 g/mol. The summed E-state index contributed by atoms with van der Waals surface area (Å²) in [5.74, 6) is 0.141. The number of carbonyl (C=O) groups excluding carboxylic acids is 1. The van der Waals surface area contributed by atoms with Crippen LogP contribution in [0, 0.1) is 0 Å². The number of alkyl carbamates (subject to hydrolysis) is 1. The van der Waals surface area contributed by atoms with Gasteiger partial charge in [0.25, 0.3) is 0 Å². The van der Waals surface area contributed by atoms with Crippen LogP contribution in [0.4, 0.5) is 18.0 Å². The number of amides is 1. The van der Waals surface area contributed by atoms with E-state index in [0.29, 0.717) is 5.56 Å². The molecule has 0 saturated carbocycles. The highest BCUT2D eigenvalue weighted by molar-refractivity contribution is 5.68. The van der Waals surface area contributed by atoms with Crippen LogP contribution in [0.25, 0.3) is 11.3 Å². The number of nitrogens with zero attached hydrogens (tertiary/aromatic N) is 4. The lowest BCUT2D eigenvalue weighted by Crippen LogP contribution is -2.48. The van der Waals surface area contributed by atoms with Gasteiger partial charge in [-0.15, -0.1) is 0 Å². The molecule has 0 radical (unpaired) electrons. The topological polar surface area (TPSA) is 102 Å². The van der Waals surface area contributed by atoms with Crippen LogP contribution in [0.3, 0.4) is 0 Å². The first kappa shape index (κ1) is 22.6. The van der Waals surface area contributed by atoms with Gasteiger partial charge in [-0.3, -0.25) is 4.68 Å². The Morgan fingerprint density at radius 1 is 1.17 bits per heavy atom. The number of aliphatic hydroxyl groups is 1. The van der Waals surface area contributed by atoms with Crippen LogP contribution < -0.4 is 5.32 Å². The van der Waals surface area contributed by atoms with Crippen molar-refractivity contribution < 1.29 is 27.8 Å².